The van der Waals surface area contributed by atoms with Crippen molar-refractivity contribution in [1.82, 2.24) is 19.3 Å². The second-order valence-corrected chi connectivity index (χ2v) is 7.21. The number of urea groups is 1. The summed E-state index contributed by atoms with van der Waals surface area (Å²) < 4.78 is 41.9. The van der Waals surface area contributed by atoms with E-state index in [0.29, 0.717) is 17.2 Å². The van der Waals surface area contributed by atoms with E-state index >= 15 is 0 Å². The number of fused-ring (bicyclic) bond motifs is 1. The number of hydrogen-bond acceptors (Lipinski definition) is 3. The minimum Gasteiger partial charge on any atom is -0.312 e. The summed E-state index contributed by atoms with van der Waals surface area (Å²) in [6.07, 6.45) is 5.28. The zero-order chi connectivity index (χ0) is 20.1. The van der Waals surface area contributed by atoms with E-state index in [1.165, 1.54) is 18.2 Å². The molecule has 0 radical (unpaired) electrons. The standard InChI is InChI=1S/C19H18F3N5O/c1-11(2)12-6-23-17-25-16(8-26(17)7-12)14-5-13(3-4-15(14)20)24-18(28)27-9-19(21,22)10-27/h3-8,11H,9-10H2,1-2H3,(H,24,28). The number of aromatic nitrogens is 3. The molecule has 1 fully saturated rings. The van der Waals surface area contributed by atoms with E-state index in [0.717, 1.165) is 10.5 Å². The Balaban J connectivity index is 1.60. The van der Waals surface area contributed by atoms with Crippen LogP contribution in [0.15, 0.2) is 36.8 Å². The summed E-state index contributed by atoms with van der Waals surface area (Å²) in [5.41, 5.74) is 1.86. The van der Waals surface area contributed by atoms with Crippen LogP contribution in [0.25, 0.3) is 17.0 Å². The number of imidazole rings is 1. The number of hydrogen-bond donors (Lipinski definition) is 1. The molecule has 2 amide bonds. The Morgan fingerprint density at radius 3 is 2.68 bits per heavy atom. The van der Waals surface area contributed by atoms with Crippen LogP contribution in [0.2, 0.25) is 0 Å². The van der Waals surface area contributed by atoms with E-state index in [-0.39, 0.29) is 11.5 Å². The van der Waals surface area contributed by atoms with Crippen LogP contribution in [0, 0.1) is 5.82 Å². The zero-order valence-electron chi connectivity index (χ0n) is 15.3. The smallest absolute Gasteiger partial charge is 0.312 e. The molecule has 3 heterocycles. The third-order valence-corrected chi connectivity index (χ3v) is 4.62. The number of nitrogens with one attached hydrogen (secondary N) is 1. The first kappa shape index (κ1) is 18.3. The van der Waals surface area contributed by atoms with Gasteiger partial charge in [0.25, 0.3) is 5.92 Å². The number of anilines is 1. The van der Waals surface area contributed by atoms with Crippen molar-refractivity contribution in [3.05, 3.63) is 48.2 Å². The highest BCUT2D eigenvalue weighted by Crippen LogP contribution is 2.29. The molecule has 0 saturated carbocycles. The lowest BCUT2D eigenvalue weighted by Gasteiger charge is -2.38. The minimum atomic E-state index is -2.84. The van der Waals surface area contributed by atoms with E-state index in [2.05, 4.69) is 15.3 Å². The number of amides is 2. The van der Waals surface area contributed by atoms with Gasteiger partial charge in [0.1, 0.15) is 5.82 Å². The van der Waals surface area contributed by atoms with Gasteiger partial charge in [-0.05, 0) is 29.7 Å². The zero-order valence-corrected chi connectivity index (χ0v) is 15.3. The van der Waals surface area contributed by atoms with Crippen molar-refractivity contribution in [2.45, 2.75) is 25.7 Å². The number of rotatable bonds is 3. The molecule has 0 unspecified atom stereocenters. The van der Waals surface area contributed by atoms with Crippen LogP contribution in [-0.4, -0.2) is 44.3 Å². The third kappa shape index (κ3) is 3.39. The summed E-state index contributed by atoms with van der Waals surface area (Å²) in [5.74, 6) is -2.65. The van der Waals surface area contributed by atoms with Gasteiger partial charge in [0.05, 0.1) is 18.8 Å². The van der Waals surface area contributed by atoms with Gasteiger partial charge in [-0.2, -0.15) is 0 Å². The summed E-state index contributed by atoms with van der Waals surface area (Å²) in [6.45, 7) is 2.84. The highest BCUT2D eigenvalue weighted by atomic mass is 19.3. The molecule has 2 aromatic heterocycles. The summed E-state index contributed by atoms with van der Waals surface area (Å²) in [4.78, 5) is 21.6. The first-order valence-corrected chi connectivity index (χ1v) is 8.80. The maximum atomic E-state index is 14.4. The molecule has 0 atom stereocenters. The van der Waals surface area contributed by atoms with Crippen LogP contribution in [0.5, 0.6) is 0 Å². The maximum Gasteiger partial charge on any atom is 0.322 e. The first-order chi connectivity index (χ1) is 13.2. The Morgan fingerprint density at radius 1 is 1.25 bits per heavy atom. The van der Waals surface area contributed by atoms with E-state index in [9.17, 15) is 18.0 Å². The Kier molecular flexibility index (Phi) is 4.24. The van der Waals surface area contributed by atoms with Crippen LogP contribution in [0.3, 0.4) is 0 Å². The number of halogens is 3. The van der Waals surface area contributed by atoms with Crippen LogP contribution < -0.4 is 5.32 Å². The van der Waals surface area contributed by atoms with Gasteiger partial charge in [0.2, 0.25) is 5.78 Å². The Labute approximate surface area is 159 Å². The number of likely N-dealkylation sites (tertiary alicyclic amines) is 1. The molecule has 6 nitrogen and oxygen atoms in total. The Bertz CT molecular complexity index is 1050. The molecule has 0 spiro atoms. The largest absolute Gasteiger partial charge is 0.322 e. The van der Waals surface area contributed by atoms with Gasteiger partial charge in [0, 0.05) is 29.8 Å². The number of carbonyl (C=O) groups excluding carboxylic acids is 1. The fraction of sp³-hybridized carbons (Fsp3) is 0.316. The monoisotopic (exact) mass is 389 g/mol. The fourth-order valence-electron chi connectivity index (χ4n) is 2.99. The molecule has 1 saturated heterocycles. The molecule has 4 rings (SSSR count). The fourth-order valence-corrected chi connectivity index (χ4v) is 2.99. The first-order valence-electron chi connectivity index (χ1n) is 8.80. The van der Waals surface area contributed by atoms with Gasteiger partial charge in [0.15, 0.2) is 0 Å². The van der Waals surface area contributed by atoms with Crippen LogP contribution in [0.1, 0.15) is 25.3 Å². The maximum absolute atomic E-state index is 14.4. The molecular weight excluding hydrogens is 371 g/mol. The lowest BCUT2D eigenvalue weighted by molar-refractivity contribution is -0.107. The summed E-state index contributed by atoms with van der Waals surface area (Å²) in [6, 6.07) is 3.35. The number of nitrogens with zero attached hydrogens (tertiary/aromatic N) is 4. The lowest BCUT2D eigenvalue weighted by Crippen LogP contribution is -2.59. The van der Waals surface area contributed by atoms with Crippen molar-refractivity contribution in [2.75, 3.05) is 18.4 Å². The van der Waals surface area contributed by atoms with Crippen molar-refractivity contribution >= 4 is 17.5 Å². The number of benzene rings is 1. The lowest BCUT2D eigenvalue weighted by atomic mass is 10.1. The van der Waals surface area contributed by atoms with Gasteiger partial charge in [-0.3, -0.25) is 4.40 Å². The summed E-state index contributed by atoms with van der Waals surface area (Å²) in [7, 11) is 0. The molecule has 1 aromatic carbocycles. The molecule has 28 heavy (non-hydrogen) atoms. The van der Waals surface area contributed by atoms with Crippen LogP contribution in [-0.2, 0) is 0 Å². The molecule has 9 heteroatoms. The van der Waals surface area contributed by atoms with Gasteiger partial charge in [-0.25, -0.2) is 27.9 Å². The molecule has 3 aromatic rings. The number of carbonyl (C=O) groups is 1. The van der Waals surface area contributed by atoms with Crippen molar-refractivity contribution in [1.29, 1.82) is 0 Å². The molecule has 1 aliphatic rings. The van der Waals surface area contributed by atoms with Gasteiger partial charge >= 0.3 is 6.03 Å². The van der Waals surface area contributed by atoms with Gasteiger partial charge in [-0.15, -0.1) is 0 Å². The average Bonchev–Trinajstić information content (AvgIpc) is 3.04. The highest BCUT2D eigenvalue weighted by molar-refractivity contribution is 5.90. The van der Waals surface area contributed by atoms with E-state index in [1.54, 1.807) is 16.8 Å². The quantitative estimate of drug-likeness (QED) is 0.732. The van der Waals surface area contributed by atoms with Crippen LogP contribution >= 0.6 is 0 Å². The normalized spacial score (nSPS) is 15.7. The summed E-state index contributed by atoms with van der Waals surface area (Å²) in [5, 5.41) is 2.51. The second kappa shape index (κ2) is 6.50. The topological polar surface area (TPSA) is 62.5 Å². The highest BCUT2D eigenvalue weighted by Gasteiger charge is 2.46. The van der Waals surface area contributed by atoms with E-state index < -0.39 is 30.9 Å². The second-order valence-electron chi connectivity index (χ2n) is 7.21. The molecule has 146 valence electrons. The predicted octanol–water partition coefficient (Wildman–Crippen LogP) is 4.14. The van der Waals surface area contributed by atoms with E-state index in [1.807, 2.05) is 20.0 Å². The van der Waals surface area contributed by atoms with Crippen LogP contribution in [0.4, 0.5) is 23.7 Å². The molecule has 1 aliphatic heterocycles. The van der Waals surface area contributed by atoms with Crippen molar-refractivity contribution in [3.8, 4) is 11.3 Å². The predicted molar refractivity (Wildman–Crippen MR) is 98.0 cm³/mol. The molecular formula is C19H18F3N5O. The molecule has 0 aliphatic carbocycles. The Morgan fingerprint density at radius 2 is 2.00 bits per heavy atom. The van der Waals surface area contributed by atoms with Crippen molar-refractivity contribution in [3.63, 3.8) is 0 Å². The van der Waals surface area contributed by atoms with E-state index in [4.69, 9.17) is 0 Å². The summed E-state index contributed by atoms with van der Waals surface area (Å²) >= 11 is 0. The molecule has 0 bridgehead atoms. The number of alkyl halides is 2. The minimum absolute atomic E-state index is 0.184. The van der Waals surface area contributed by atoms with Crippen molar-refractivity contribution in [2.24, 2.45) is 0 Å². The Hall–Kier alpha value is -3.10. The molecule has 1 N–H and O–H groups in total. The third-order valence-electron chi connectivity index (χ3n) is 4.62. The SMILES string of the molecule is CC(C)c1cnc2nc(-c3cc(NC(=O)N4CC(F)(F)C4)ccc3F)cn2c1. The average molecular weight is 389 g/mol. The van der Waals surface area contributed by atoms with Gasteiger partial charge < -0.3 is 10.2 Å². The van der Waals surface area contributed by atoms with Crippen molar-refractivity contribution < 1.29 is 18.0 Å². The van der Waals surface area contributed by atoms with Gasteiger partial charge in [-0.1, -0.05) is 13.8 Å².